The Bertz CT molecular complexity index is 841. The number of amides is 1. The molecular weight excluding hydrogens is 381 g/mol. The van der Waals surface area contributed by atoms with Gasteiger partial charge >= 0.3 is 7.60 Å². The highest BCUT2D eigenvalue weighted by molar-refractivity contribution is 7.53. The molecule has 9 heteroatoms. The van der Waals surface area contributed by atoms with Crippen LogP contribution in [0.15, 0.2) is 60.7 Å². The van der Waals surface area contributed by atoms with Gasteiger partial charge in [-0.25, -0.2) is 0 Å². The van der Waals surface area contributed by atoms with Gasteiger partial charge in [-0.05, 0) is 24.0 Å². The van der Waals surface area contributed by atoms with E-state index < -0.39 is 37.2 Å². The Hall–Kier alpha value is -2.35. The first-order chi connectivity index (χ1) is 13.2. The summed E-state index contributed by atoms with van der Waals surface area (Å²) in [5.41, 5.74) is 13.2. The standard InChI is InChI=1S/C19H24N3O5P/c20-15(11-13-7-3-1-4-8-13)17(23)19(28(25,26)27)22-18(24)16(21)12-14-9-5-2-6-10-14/h1-10,15-16,19H,11-12,20-21H2,(H,22,24)(H2,25,26,27)/t15-,16-,19?/m0/s1. The highest BCUT2D eigenvalue weighted by Gasteiger charge is 2.40. The zero-order valence-corrected chi connectivity index (χ0v) is 16.0. The fourth-order valence-electron chi connectivity index (χ4n) is 2.69. The molecule has 7 N–H and O–H groups in total. The van der Waals surface area contributed by atoms with E-state index in [9.17, 15) is 23.9 Å². The van der Waals surface area contributed by atoms with Crippen molar-refractivity contribution in [2.45, 2.75) is 30.7 Å². The summed E-state index contributed by atoms with van der Waals surface area (Å²) in [5, 5.41) is 2.09. The van der Waals surface area contributed by atoms with Crippen molar-refractivity contribution in [3.8, 4) is 0 Å². The second-order valence-corrected chi connectivity index (χ2v) is 8.19. The second-order valence-electron chi connectivity index (χ2n) is 6.50. The van der Waals surface area contributed by atoms with Crippen LogP contribution in [0.1, 0.15) is 11.1 Å². The van der Waals surface area contributed by atoms with Crippen molar-refractivity contribution in [2.24, 2.45) is 11.5 Å². The number of nitrogens with one attached hydrogen (secondary N) is 1. The molecular formula is C19H24N3O5P. The van der Waals surface area contributed by atoms with Gasteiger partial charge in [0.15, 0.2) is 11.6 Å². The van der Waals surface area contributed by atoms with Gasteiger partial charge in [0.2, 0.25) is 5.91 Å². The Labute approximate surface area is 163 Å². The Morgan fingerprint density at radius 3 is 1.71 bits per heavy atom. The van der Waals surface area contributed by atoms with Gasteiger partial charge in [-0.2, -0.15) is 0 Å². The van der Waals surface area contributed by atoms with Crippen LogP contribution in [0.5, 0.6) is 0 Å². The lowest BCUT2D eigenvalue weighted by atomic mass is 10.0. The van der Waals surface area contributed by atoms with Gasteiger partial charge in [0.1, 0.15) is 0 Å². The molecule has 3 atom stereocenters. The molecule has 0 radical (unpaired) electrons. The predicted octanol–water partition coefficient (Wildman–Crippen LogP) is 0.316. The van der Waals surface area contributed by atoms with E-state index in [4.69, 9.17) is 11.5 Å². The number of hydrogen-bond acceptors (Lipinski definition) is 5. The van der Waals surface area contributed by atoms with E-state index in [0.717, 1.165) is 11.1 Å². The van der Waals surface area contributed by atoms with E-state index in [1.54, 1.807) is 54.6 Å². The Morgan fingerprint density at radius 2 is 1.29 bits per heavy atom. The number of carbonyl (C=O) groups excluding carboxylic acids is 2. The monoisotopic (exact) mass is 405 g/mol. The van der Waals surface area contributed by atoms with Crippen LogP contribution in [0.2, 0.25) is 0 Å². The molecule has 2 rings (SSSR count). The predicted molar refractivity (Wildman–Crippen MR) is 105 cm³/mol. The summed E-state index contributed by atoms with van der Waals surface area (Å²) < 4.78 is 11.8. The number of ketones is 1. The van der Waals surface area contributed by atoms with Crippen molar-refractivity contribution in [2.75, 3.05) is 0 Å². The van der Waals surface area contributed by atoms with Gasteiger partial charge in [0, 0.05) is 0 Å². The molecule has 150 valence electrons. The lowest BCUT2D eigenvalue weighted by Crippen LogP contribution is -2.53. The van der Waals surface area contributed by atoms with Crippen LogP contribution in [-0.4, -0.2) is 39.3 Å². The van der Waals surface area contributed by atoms with E-state index >= 15 is 0 Å². The lowest BCUT2D eigenvalue weighted by molar-refractivity contribution is -0.127. The smallest absolute Gasteiger partial charge is 0.335 e. The molecule has 0 saturated carbocycles. The highest BCUT2D eigenvalue weighted by atomic mass is 31.2. The number of hydrogen-bond donors (Lipinski definition) is 5. The van der Waals surface area contributed by atoms with Crippen molar-refractivity contribution in [1.29, 1.82) is 0 Å². The Morgan fingerprint density at radius 1 is 0.857 bits per heavy atom. The van der Waals surface area contributed by atoms with Gasteiger partial charge in [-0.3, -0.25) is 14.2 Å². The van der Waals surface area contributed by atoms with Crippen LogP contribution in [0.4, 0.5) is 0 Å². The van der Waals surface area contributed by atoms with Gasteiger partial charge < -0.3 is 26.6 Å². The third kappa shape index (κ3) is 6.37. The van der Waals surface area contributed by atoms with E-state index in [0.29, 0.717) is 0 Å². The quantitative estimate of drug-likeness (QED) is 0.376. The summed E-state index contributed by atoms with van der Waals surface area (Å²) in [4.78, 5) is 44.0. The summed E-state index contributed by atoms with van der Waals surface area (Å²) in [5.74, 6) is -3.82. The largest absolute Gasteiger partial charge is 0.355 e. The molecule has 0 aliphatic heterocycles. The third-order valence-corrected chi connectivity index (χ3v) is 5.24. The summed E-state index contributed by atoms with van der Waals surface area (Å²) in [6.45, 7) is 0. The van der Waals surface area contributed by atoms with Crippen LogP contribution in [0.25, 0.3) is 0 Å². The molecule has 0 aliphatic rings. The average Bonchev–Trinajstić information content (AvgIpc) is 2.66. The van der Waals surface area contributed by atoms with Crippen LogP contribution in [0.3, 0.4) is 0 Å². The highest BCUT2D eigenvalue weighted by Crippen LogP contribution is 2.40. The van der Waals surface area contributed by atoms with Gasteiger partial charge in [-0.1, -0.05) is 60.7 Å². The summed E-state index contributed by atoms with van der Waals surface area (Å²) >= 11 is 0. The molecule has 28 heavy (non-hydrogen) atoms. The van der Waals surface area contributed by atoms with Crippen molar-refractivity contribution >= 4 is 19.3 Å². The molecule has 0 aliphatic carbocycles. The minimum atomic E-state index is -4.98. The topological polar surface area (TPSA) is 156 Å². The van der Waals surface area contributed by atoms with Crippen LogP contribution < -0.4 is 16.8 Å². The third-order valence-electron chi connectivity index (χ3n) is 4.18. The summed E-state index contributed by atoms with van der Waals surface area (Å²) in [6, 6.07) is 15.5. The Kier molecular flexibility index (Phi) is 7.62. The normalized spacial score (nSPS) is 14.7. The molecule has 0 fully saturated rings. The number of carbonyl (C=O) groups is 2. The zero-order chi connectivity index (χ0) is 20.7. The zero-order valence-electron chi connectivity index (χ0n) is 15.1. The first-order valence-electron chi connectivity index (χ1n) is 8.67. The minimum absolute atomic E-state index is 0.0854. The molecule has 8 nitrogen and oxygen atoms in total. The Balaban J connectivity index is 2.07. The fourth-order valence-corrected chi connectivity index (χ4v) is 3.51. The molecule has 2 aromatic carbocycles. The maximum atomic E-state index is 12.5. The molecule has 1 amide bonds. The first-order valence-corrected chi connectivity index (χ1v) is 10.3. The van der Waals surface area contributed by atoms with E-state index in [1.165, 1.54) is 0 Å². The number of Topliss-reactive ketones (excluding diaryl/α,β-unsaturated/α-hetero) is 1. The molecule has 0 heterocycles. The van der Waals surface area contributed by atoms with Gasteiger partial charge in [0.25, 0.3) is 0 Å². The lowest BCUT2D eigenvalue weighted by Gasteiger charge is -2.23. The molecule has 2 aromatic rings. The van der Waals surface area contributed by atoms with Crippen molar-refractivity contribution in [1.82, 2.24) is 5.32 Å². The first kappa shape index (κ1) is 21.9. The van der Waals surface area contributed by atoms with Crippen molar-refractivity contribution in [3.05, 3.63) is 71.8 Å². The number of rotatable bonds is 9. The summed E-state index contributed by atoms with van der Waals surface area (Å²) in [7, 11) is -4.98. The second kappa shape index (κ2) is 9.73. The maximum absolute atomic E-state index is 12.5. The molecule has 1 unspecified atom stereocenters. The van der Waals surface area contributed by atoms with Crippen molar-refractivity contribution in [3.63, 3.8) is 0 Å². The molecule has 0 aromatic heterocycles. The average molecular weight is 405 g/mol. The maximum Gasteiger partial charge on any atom is 0.355 e. The van der Waals surface area contributed by atoms with E-state index in [1.807, 2.05) is 6.07 Å². The van der Waals surface area contributed by atoms with E-state index in [-0.39, 0.29) is 12.8 Å². The summed E-state index contributed by atoms with van der Waals surface area (Å²) in [6.07, 6.45) is 0.243. The van der Waals surface area contributed by atoms with Gasteiger partial charge in [0.05, 0.1) is 12.1 Å². The molecule has 0 bridgehead atoms. The SMILES string of the molecule is N[C@@H](Cc1ccccc1)C(=O)NC(C(=O)[C@@H](N)Cc1ccccc1)P(=O)(O)O. The molecule has 0 saturated heterocycles. The van der Waals surface area contributed by atoms with Crippen LogP contribution in [-0.2, 0) is 27.0 Å². The van der Waals surface area contributed by atoms with E-state index in [2.05, 4.69) is 5.32 Å². The van der Waals surface area contributed by atoms with Crippen molar-refractivity contribution < 1.29 is 23.9 Å². The minimum Gasteiger partial charge on any atom is -0.335 e. The number of benzene rings is 2. The van der Waals surface area contributed by atoms with Gasteiger partial charge in [-0.15, -0.1) is 0 Å². The van der Waals surface area contributed by atoms with Crippen LogP contribution in [0, 0.1) is 0 Å². The number of nitrogens with two attached hydrogens (primary N) is 2. The van der Waals surface area contributed by atoms with Crippen LogP contribution >= 0.6 is 7.60 Å². The fraction of sp³-hybridized carbons (Fsp3) is 0.263. The molecule has 0 spiro atoms.